The molecule has 1 atom stereocenters. The van der Waals surface area contributed by atoms with E-state index in [9.17, 15) is 19.5 Å². The third-order valence-corrected chi connectivity index (χ3v) is 2.20. The van der Waals surface area contributed by atoms with E-state index in [2.05, 4.69) is 21.8 Å². The number of carbonyl (C=O) groups is 3. The number of halogens is 1. The fourth-order valence-electron chi connectivity index (χ4n) is 0.751. The summed E-state index contributed by atoms with van der Waals surface area (Å²) in [5.41, 5.74) is -1.30. The van der Waals surface area contributed by atoms with E-state index in [1.54, 1.807) is 13.8 Å². The van der Waals surface area contributed by atoms with E-state index in [0.717, 1.165) is 0 Å². The quantitative estimate of drug-likeness (QED) is 0.244. The van der Waals surface area contributed by atoms with Crippen LogP contribution in [0.5, 0.6) is 0 Å². The molecule has 0 radical (unpaired) electrons. The summed E-state index contributed by atoms with van der Waals surface area (Å²) in [6.07, 6.45) is 14.8. The first-order valence-corrected chi connectivity index (χ1v) is 6.48. The van der Waals surface area contributed by atoms with Crippen LogP contribution in [0.15, 0.2) is 0 Å². The van der Waals surface area contributed by atoms with Crippen molar-refractivity contribution < 1.29 is 41.4 Å². The van der Waals surface area contributed by atoms with Crippen LogP contribution in [0.25, 0.3) is 0 Å². The molecule has 0 heterocycles. The normalized spacial score (nSPS) is 10.1. The van der Waals surface area contributed by atoms with Crippen molar-refractivity contribution in [2.45, 2.75) is 46.1 Å². The average Bonchev–Trinajstić information content (AvgIpc) is 2.52. The molecule has 6 nitrogen and oxygen atoms in total. The van der Waals surface area contributed by atoms with Crippen LogP contribution in [0.2, 0.25) is 0 Å². The molecule has 0 aliphatic carbocycles. The summed E-state index contributed by atoms with van der Waals surface area (Å²) in [7, 11) is 0. The Bertz CT molecular complexity index is 417. The second-order valence-corrected chi connectivity index (χ2v) is 3.98. The Balaban J connectivity index is -0.0000000854. The minimum absolute atomic E-state index is 0. The summed E-state index contributed by atoms with van der Waals surface area (Å²) in [6.45, 7) is 5.80. The van der Waals surface area contributed by atoms with Crippen LogP contribution in [0.3, 0.4) is 0 Å². The van der Waals surface area contributed by atoms with Gasteiger partial charge in [0.15, 0.2) is 11.4 Å². The number of esters is 2. The SMILES string of the molecule is C#CC(O)(CC)COC(C)=O.CCC(=O)COC(C)=O.[C-]#C.[Cl-].[Mg+2]. The van der Waals surface area contributed by atoms with Gasteiger partial charge in [0.05, 0.1) is 0 Å². The van der Waals surface area contributed by atoms with E-state index in [1.807, 2.05) is 0 Å². The van der Waals surface area contributed by atoms with Crippen molar-refractivity contribution in [3.05, 3.63) is 6.42 Å². The smallest absolute Gasteiger partial charge is 1.00 e. The van der Waals surface area contributed by atoms with Gasteiger partial charge < -0.3 is 39.8 Å². The van der Waals surface area contributed by atoms with Crippen molar-refractivity contribution in [2.24, 2.45) is 0 Å². The van der Waals surface area contributed by atoms with Gasteiger partial charge in [-0.15, -0.1) is 6.42 Å². The second kappa shape index (κ2) is 21.7. The zero-order valence-electron chi connectivity index (χ0n) is 14.6. The molecule has 0 bridgehead atoms. The molecule has 0 spiro atoms. The van der Waals surface area contributed by atoms with E-state index >= 15 is 0 Å². The standard InChI is InChI=1S/C8H12O3.C6H10O3.C2H.ClH.Mg/c1-4-8(10,5-2)6-11-7(3)9;1-3-6(8)4-9-5(2)7;1-2;;/h1,10H,5-6H2,2-3H3;3-4H2,1-2H3;1H;1H;/q;;-1;;+2/p-1. The van der Waals surface area contributed by atoms with Gasteiger partial charge in [0.25, 0.3) is 0 Å². The number of Topliss-reactive ketones (excluding diaryl/α,β-unsaturated/α-hetero) is 1. The predicted octanol–water partition coefficient (Wildman–Crippen LogP) is -2.32. The van der Waals surface area contributed by atoms with Gasteiger partial charge in [-0.25, -0.2) is 0 Å². The number of hydrogen-bond acceptors (Lipinski definition) is 6. The van der Waals surface area contributed by atoms with Crippen LogP contribution in [0.1, 0.15) is 40.5 Å². The maximum Gasteiger partial charge on any atom is 2.00 e. The molecule has 1 N–H and O–H groups in total. The third-order valence-electron chi connectivity index (χ3n) is 2.20. The first kappa shape index (κ1) is 34.2. The van der Waals surface area contributed by atoms with E-state index in [0.29, 0.717) is 12.8 Å². The predicted molar refractivity (Wildman–Crippen MR) is 86.6 cm³/mol. The molecule has 132 valence electrons. The average molecular weight is 371 g/mol. The van der Waals surface area contributed by atoms with E-state index in [4.69, 9.17) is 12.8 Å². The van der Waals surface area contributed by atoms with Crippen LogP contribution < -0.4 is 12.4 Å². The molecule has 0 aliphatic rings. The maximum absolute atomic E-state index is 10.4. The number of aliphatic hydroxyl groups is 1. The molecular weight excluding hydrogens is 348 g/mol. The van der Waals surface area contributed by atoms with Crippen LogP contribution in [0, 0.1) is 25.2 Å². The molecule has 0 amide bonds. The van der Waals surface area contributed by atoms with Gasteiger partial charge in [-0.3, -0.25) is 14.4 Å². The van der Waals surface area contributed by atoms with Gasteiger partial charge in [-0.1, -0.05) is 19.8 Å². The molecule has 0 saturated heterocycles. The summed E-state index contributed by atoms with van der Waals surface area (Å²) in [5.74, 6) is 1.27. The molecule has 0 aromatic rings. The van der Waals surface area contributed by atoms with Crippen LogP contribution in [-0.4, -0.2) is 64.7 Å². The molecule has 0 aromatic carbocycles. The van der Waals surface area contributed by atoms with Gasteiger partial charge in [0, 0.05) is 20.3 Å². The molecule has 8 heteroatoms. The van der Waals surface area contributed by atoms with Gasteiger partial charge in [-0.05, 0) is 6.42 Å². The Labute approximate surface area is 166 Å². The van der Waals surface area contributed by atoms with Gasteiger partial charge >= 0.3 is 35.0 Å². The monoisotopic (exact) mass is 370 g/mol. The van der Waals surface area contributed by atoms with Gasteiger partial charge in [0.1, 0.15) is 13.2 Å². The van der Waals surface area contributed by atoms with E-state index in [-0.39, 0.29) is 54.5 Å². The fourth-order valence-corrected chi connectivity index (χ4v) is 0.751. The number of hydrogen-bond donors (Lipinski definition) is 1. The second-order valence-electron chi connectivity index (χ2n) is 3.98. The van der Waals surface area contributed by atoms with Crippen molar-refractivity contribution in [3.8, 4) is 18.8 Å². The molecule has 1 unspecified atom stereocenters. The van der Waals surface area contributed by atoms with Crippen molar-refractivity contribution in [3.63, 3.8) is 0 Å². The van der Waals surface area contributed by atoms with E-state index in [1.165, 1.54) is 13.8 Å². The van der Waals surface area contributed by atoms with Crippen LogP contribution in [-0.2, 0) is 23.9 Å². The minimum Gasteiger partial charge on any atom is -1.00 e. The van der Waals surface area contributed by atoms with E-state index < -0.39 is 17.5 Å². The Morgan fingerprint density at radius 3 is 1.79 bits per heavy atom. The molecule has 0 saturated carbocycles. The zero-order chi connectivity index (χ0) is 18.2. The number of carbonyl (C=O) groups excluding carboxylic acids is 3. The summed E-state index contributed by atoms with van der Waals surface area (Å²) >= 11 is 0. The topological polar surface area (TPSA) is 89.9 Å². The Hall–Kier alpha value is -1.25. The third kappa shape index (κ3) is 25.7. The molecular formula is C16H23ClMgO6. The van der Waals surface area contributed by atoms with Crippen molar-refractivity contribution >= 4 is 40.8 Å². The van der Waals surface area contributed by atoms with Gasteiger partial charge in [-0.2, -0.15) is 0 Å². The number of ketones is 1. The Morgan fingerprint density at radius 1 is 1.12 bits per heavy atom. The summed E-state index contributed by atoms with van der Waals surface area (Å²) in [6, 6.07) is 0. The van der Waals surface area contributed by atoms with Crippen molar-refractivity contribution in [1.82, 2.24) is 0 Å². The zero-order valence-corrected chi connectivity index (χ0v) is 16.7. The molecule has 24 heavy (non-hydrogen) atoms. The number of rotatable bonds is 6. The van der Waals surface area contributed by atoms with Gasteiger partial charge in [0.2, 0.25) is 0 Å². The largest absolute Gasteiger partial charge is 2.00 e. The first-order chi connectivity index (χ1) is 10.2. The summed E-state index contributed by atoms with van der Waals surface area (Å²) in [5, 5.41) is 9.36. The number of ether oxygens (including phenoxy) is 2. The minimum atomic E-state index is -1.30. The van der Waals surface area contributed by atoms with Crippen molar-refractivity contribution in [1.29, 1.82) is 0 Å². The molecule has 0 fully saturated rings. The molecule has 0 aliphatic heterocycles. The first-order valence-electron chi connectivity index (χ1n) is 6.48. The Morgan fingerprint density at radius 2 is 1.54 bits per heavy atom. The summed E-state index contributed by atoms with van der Waals surface area (Å²) in [4.78, 5) is 30.8. The number of terminal acetylenes is 2. The summed E-state index contributed by atoms with van der Waals surface area (Å²) < 4.78 is 8.96. The van der Waals surface area contributed by atoms with Crippen molar-refractivity contribution in [2.75, 3.05) is 13.2 Å². The van der Waals surface area contributed by atoms with Crippen LogP contribution >= 0.6 is 0 Å². The molecule has 0 rings (SSSR count). The molecule has 0 aromatic heterocycles. The maximum atomic E-state index is 10.4. The fraction of sp³-hybridized carbons (Fsp3) is 0.562. The Kier molecular flexibility index (Phi) is 30.9. The van der Waals surface area contributed by atoms with Crippen LogP contribution in [0.4, 0.5) is 0 Å².